The number of hydrogen-bond donors (Lipinski definition) is 1. The zero-order valence-electron chi connectivity index (χ0n) is 9.99. The maximum absolute atomic E-state index is 5.15. The van der Waals surface area contributed by atoms with Crippen LogP contribution in [0.15, 0.2) is 24.3 Å². The summed E-state index contributed by atoms with van der Waals surface area (Å²) in [6, 6.07) is 8.26. The molecule has 1 aromatic rings. The lowest BCUT2D eigenvalue weighted by atomic mass is 10.1. The van der Waals surface area contributed by atoms with Crippen molar-refractivity contribution in [3.8, 4) is 5.75 Å². The van der Waals surface area contributed by atoms with Gasteiger partial charge in [0.25, 0.3) is 0 Å². The van der Waals surface area contributed by atoms with Crippen LogP contribution in [0.4, 0.5) is 0 Å². The van der Waals surface area contributed by atoms with Crippen LogP contribution in [0.2, 0.25) is 0 Å². The minimum atomic E-state index is 0.213. The first-order chi connectivity index (χ1) is 7.62. The first-order valence-electron chi connectivity index (χ1n) is 5.42. The molecule has 1 aliphatic rings. The largest absolute Gasteiger partial charge is 0.497 e. The van der Waals surface area contributed by atoms with Crippen molar-refractivity contribution in [3.63, 3.8) is 0 Å². The summed E-state index contributed by atoms with van der Waals surface area (Å²) in [6.07, 6.45) is 0. The average Bonchev–Trinajstić information content (AvgIpc) is 2.59. The van der Waals surface area contributed by atoms with Gasteiger partial charge in [0.15, 0.2) is 0 Å². The van der Waals surface area contributed by atoms with Gasteiger partial charge in [0.05, 0.1) is 7.11 Å². The van der Waals surface area contributed by atoms with E-state index in [2.05, 4.69) is 35.0 Å². The van der Waals surface area contributed by atoms with Crippen molar-refractivity contribution in [1.82, 2.24) is 9.03 Å². The van der Waals surface area contributed by atoms with E-state index in [9.17, 15) is 0 Å². The van der Waals surface area contributed by atoms with Gasteiger partial charge in [0, 0.05) is 30.8 Å². The molecule has 0 saturated carbocycles. The maximum atomic E-state index is 5.15. The van der Waals surface area contributed by atoms with Crippen LogP contribution in [0, 0.1) is 0 Å². The van der Waals surface area contributed by atoms with E-state index in [0.29, 0.717) is 0 Å². The molecule has 16 heavy (non-hydrogen) atoms. The monoisotopic (exact) mass is 238 g/mol. The summed E-state index contributed by atoms with van der Waals surface area (Å²) in [7, 11) is 1.69. The highest BCUT2D eigenvalue weighted by Gasteiger charge is 2.32. The summed E-state index contributed by atoms with van der Waals surface area (Å²) in [5, 5.41) is 0. The third kappa shape index (κ3) is 2.51. The standard InChI is InChI=1S/C12H18N2OS/c1-12(2)9-13-16-14(12)8-10-4-6-11(15-3)7-5-10/h4-7,13H,8-9H2,1-3H3. The minimum Gasteiger partial charge on any atom is -0.497 e. The zero-order valence-corrected chi connectivity index (χ0v) is 10.8. The Morgan fingerprint density at radius 3 is 2.56 bits per heavy atom. The molecule has 1 aromatic carbocycles. The third-order valence-electron chi connectivity index (χ3n) is 2.84. The first kappa shape index (κ1) is 11.8. The molecule has 0 aromatic heterocycles. The maximum Gasteiger partial charge on any atom is 0.118 e. The fourth-order valence-electron chi connectivity index (χ4n) is 1.64. The minimum absolute atomic E-state index is 0.213. The van der Waals surface area contributed by atoms with E-state index in [1.165, 1.54) is 5.56 Å². The molecule has 0 spiro atoms. The molecule has 88 valence electrons. The second-order valence-electron chi connectivity index (χ2n) is 4.61. The molecule has 1 N–H and O–H groups in total. The van der Waals surface area contributed by atoms with E-state index in [1.54, 1.807) is 19.2 Å². The van der Waals surface area contributed by atoms with Crippen LogP contribution in [-0.2, 0) is 6.54 Å². The summed E-state index contributed by atoms with van der Waals surface area (Å²) in [5.41, 5.74) is 1.52. The summed E-state index contributed by atoms with van der Waals surface area (Å²) in [4.78, 5) is 0. The Kier molecular flexibility index (Phi) is 3.42. The molecule has 0 radical (unpaired) electrons. The molecule has 1 saturated heterocycles. The summed E-state index contributed by atoms with van der Waals surface area (Å²) < 4.78 is 10.8. The molecule has 0 unspecified atom stereocenters. The van der Waals surface area contributed by atoms with E-state index in [4.69, 9.17) is 4.74 Å². The predicted octanol–water partition coefficient (Wildman–Crippen LogP) is 2.44. The topological polar surface area (TPSA) is 24.5 Å². The summed E-state index contributed by atoms with van der Waals surface area (Å²) in [5.74, 6) is 0.912. The van der Waals surface area contributed by atoms with Crippen LogP contribution in [0.3, 0.4) is 0 Å². The van der Waals surface area contributed by atoms with Crippen LogP contribution >= 0.6 is 12.1 Å². The zero-order chi connectivity index (χ0) is 11.6. The van der Waals surface area contributed by atoms with E-state index in [1.807, 2.05) is 12.1 Å². The Hall–Kier alpha value is -0.710. The number of hydrogen-bond acceptors (Lipinski definition) is 4. The van der Waals surface area contributed by atoms with Gasteiger partial charge in [-0.05, 0) is 31.5 Å². The number of rotatable bonds is 3. The van der Waals surface area contributed by atoms with Crippen molar-refractivity contribution in [1.29, 1.82) is 0 Å². The molecule has 0 atom stereocenters. The molecule has 3 nitrogen and oxygen atoms in total. The molecule has 1 heterocycles. The van der Waals surface area contributed by atoms with Crippen molar-refractivity contribution >= 4 is 12.1 Å². The van der Waals surface area contributed by atoms with Gasteiger partial charge in [-0.1, -0.05) is 12.1 Å². The number of nitrogens with zero attached hydrogens (tertiary/aromatic N) is 1. The lowest BCUT2D eigenvalue weighted by molar-refractivity contribution is 0.270. The second-order valence-corrected chi connectivity index (χ2v) is 5.52. The van der Waals surface area contributed by atoms with Crippen molar-refractivity contribution in [3.05, 3.63) is 29.8 Å². The van der Waals surface area contributed by atoms with Crippen LogP contribution in [0.5, 0.6) is 5.75 Å². The molecule has 0 aliphatic carbocycles. The highest BCUT2D eigenvalue weighted by molar-refractivity contribution is 7.95. The average molecular weight is 238 g/mol. The number of ether oxygens (including phenoxy) is 1. The SMILES string of the molecule is COc1ccc(CN2SNCC2(C)C)cc1. The van der Waals surface area contributed by atoms with Gasteiger partial charge in [0.2, 0.25) is 0 Å². The third-order valence-corrected chi connectivity index (χ3v) is 3.96. The van der Waals surface area contributed by atoms with Crippen molar-refractivity contribution in [2.45, 2.75) is 25.9 Å². The smallest absolute Gasteiger partial charge is 0.118 e. The number of nitrogens with one attached hydrogen (secondary N) is 1. The molecule has 0 amide bonds. The van der Waals surface area contributed by atoms with E-state index in [0.717, 1.165) is 18.8 Å². The Labute approximate surface area is 101 Å². The van der Waals surface area contributed by atoms with Crippen molar-refractivity contribution < 1.29 is 4.74 Å². The number of benzene rings is 1. The van der Waals surface area contributed by atoms with Crippen LogP contribution in [0.25, 0.3) is 0 Å². The lowest BCUT2D eigenvalue weighted by Crippen LogP contribution is -2.37. The fourth-order valence-corrected chi connectivity index (χ4v) is 2.74. The van der Waals surface area contributed by atoms with Gasteiger partial charge >= 0.3 is 0 Å². The van der Waals surface area contributed by atoms with Gasteiger partial charge < -0.3 is 4.74 Å². The Bertz CT molecular complexity index is 351. The van der Waals surface area contributed by atoms with Gasteiger partial charge in [-0.3, -0.25) is 0 Å². The van der Waals surface area contributed by atoms with Gasteiger partial charge in [-0.2, -0.15) is 0 Å². The fraction of sp³-hybridized carbons (Fsp3) is 0.500. The quantitative estimate of drug-likeness (QED) is 0.818. The van der Waals surface area contributed by atoms with Crippen molar-refractivity contribution in [2.75, 3.05) is 13.7 Å². The molecular weight excluding hydrogens is 220 g/mol. The first-order valence-corrected chi connectivity index (χ1v) is 6.19. The predicted molar refractivity (Wildman–Crippen MR) is 68.2 cm³/mol. The number of methoxy groups -OCH3 is 1. The highest BCUT2D eigenvalue weighted by Crippen LogP contribution is 2.30. The molecule has 1 fully saturated rings. The Morgan fingerprint density at radius 2 is 2.06 bits per heavy atom. The van der Waals surface area contributed by atoms with Gasteiger partial charge in [-0.15, -0.1) is 0 Å². The molecule has 0 bridgehead atoms. The van der Waals surface area contributed by atoms with Crippen LogP contribution < -0.4 is 9.46 Å². The summed E-state index contributed by atoms with van der Waals surface area (Å²) >= 11 is 1.71. The molecule has 4 heteroatoms. The van der Waals surface area contributed by atoms with Gasteiger partial charge in [-0.25, -0.2) is 9.03 Å². The lowest BCUT2D eigenvalue weighted by Gasteiger charge is -2.28. The second kappa shape index (κ2) is 4.65. The molecule has 2 rings (SSSR count). The van der Waals surface area contributed by atoms with Crippen LogP contribution in [-0.4, -0.2) is 23.5 Å². The van der Waals surface area contributed by atoms with Crippen LogP contribution in [0.1, 0.15) is 19.4 Å². The Morgan fingerprint density at radius 1 is 1.38 bits per heavy atom. The van der Waals surface area contributed by atoms with Crippen molar-refractivity contribution in [2.24, 2.45) is 0 Å². The highest BCUT2D eigenvalue weighted by atomic mass is 32.2. The van der Waals surface area contributed by atoms with E-state index >= 15 is 0 Å². The normalized spacial score (nSPS) is 19.9. The van der Waals surface area contributed by atoms with Gasteiger partial charge in [0.1, 0.15) is 5.75 Å². The Balaban J connectivity index is 2.03. The molecule has 1 aliphatic heterocycles. The van der Waals surface area contributed by atoms with E-state index in [-0.39, 0.29) is 5.54 Å². The summed E-state index contributed by atoms with van der Waals surface area (Å²) in [6.45, 7) is 6.48. The molecular formula is C12H18N2OS. The van der Waals surface area contributed by atoms with E-state index < -0.39 is 0 Å².